The largest absolute Gasteiger partial charge is 0.463 e. The molecule has 2 rings (SSSR count). The molecule has 0 amide bonds. The lowest BCUT2D eigenvalue weighted by atomic mass is 10.2. The number of pyridine rings is 1. The quantitative estimate of drug-likeness (QED) is 0.534. The maximum absolute atomic E-state index is 13.2. The molecule has 2 aromatic rings. The lowest BCUT2D eigenvalue weighted by Crippen LogP contribution is -2.43. The van der Waals surface area contributed by atoms with Crippen LogP contribution < -0.4 is 0 Å². The molecule has 0 saturated carbocycles. The highest BCUT2D eigenvalue weighted by atomic mass is 31.2. The third-order valence-electron chi connectivity index (χ3n) is 3.57. The highest BCUT2D eigenvalue weighted by Gasteiger charge is 2.57. The van der Waals surface area contributed by atoms with Crippen LogP contribution in [0.1, 0.15) is 26.5 Å². The number of imidazole rings is 1. The Balaban J connectivity index is 2.51. The zero-order valence-corrected chi connectivity index (χ0v) is 15.4. The molecule has 0 aliphatic heterocycles. The van der Waals surface area contributed by atoms with E-state index in [1.807, 2.05) is 6.07 Å². The Morgan fingerprint density at radius 3 is 2.52 bits per heavy atom. The fourth-order valence-electron chi connectivity index (χ4n) is 2.49. The van der Waals surface area contributed by atoms with Gasteiger partial charge in [0.25, 0.3) is 5.34 Å². The van der Waals surface area contributed by atoms with Gasteiger partial charge < -0.3 is 23.3 Å². The minimum Gasteiger partial charge on any atom is -0.463 e. The number of hydrogen-bond donors (Lipinski definition) is 1. The summed E-state index contributed by atoms with van der Waals surface area (Å²) in [5.41, 5.74) is 1.11. The molecule has 1 N–H and O–H groups in total. The SMILES string of the molecule is CCOC(=O)C(O)(Cc1cnc2ccccn12)P(=O)(OCC)OCC. The van der Waals surface area contributed by atoms with Gasteiger partial charge in [0.2, 0.25) is 0 Å². The van der Waals surface area contributed by atoms with E-state index in [-0.39, 0.29) is 26.2 Å². The second-order valence-corrected chi connectivity index (χ2v) is 7.48. The minimum absolute atomic E-state index is 0.00610. The predicted octanol–water partition coefficient (Wildman–Crippen LogP) is 2.39. The van der Waals surface area contributed by atoms with E-state index in [1.165, 1.54) is 6.20 Å². The van der Waals surface area contributed by atoms with E-state index in [4.69, 9.17) is 13.8 Å². The van der Waals surface area contributed by atoms with Crippen molar-refractivity contribution in [2.24, 2.45) is 0 Å². The van der Waals surface area contributed by atoms with Crippen LogP contribution in [0.15, 0.2) is 30.6 Å². The summed E-state index contributed by atoms with van der Waals surface area (Å²) in [6.45, 7) is 4.83. The highest BCUT2D eigenvalue weighted by Crippen LogP contribution is 2.60. The molecular formula is C16H23N2O6P. The van der Waals surface area contributed by atoms with Crippen molar-refractivity contribution in [2.45, 2.75) is 32.5 Å². The van der Waals surface area contributed by atoms with Crippen LogP contribution in [0, 0.1) is 0 Å². The Hall–Kier alpha value is -1.73. The summed E-state index contributed by atoms with van der Waals surface area (Å²) in [5.74, 6) is -1.05. The molecule has 0 aliphatic carbocycles. The molecule has 1 unspecified atom stereocenters. The number of aromatic nitrogens is 2. The van der Waals surface area contributed by atoms with Crippen LogP contribution in [-0.4, -0.2) is 45.6 Å². The first-order valence-corrected chi connectivity index (χ1v) is 9.65. The second-order valence-electron chi connectivity index (χ2n) is 5.23. The summed E-state index contributed by atoms with van der Waals surface area (Å²) in [4.78, 5) is 16.7. The highest BCUT2D eigenvalue weighted by molar-refractivity contribution is 7.56. The number of ether oxygens (including phenoxy) is 1. The molecule has 0 spiro atoms. The van der Waals surface area contributed by atoms with Crippen LogP contribution in [-0.2, 0) is 29.6 Å². The minimum atomic E-state index is -4.21. The number of carbonyl (C=O) groups is 1. The van der Waals surface area contributed by atoms with Crippen molar-refractivity contribution in [3.05, 3.63) is 36.3 Å². The van der Waals surface area contributed by atoms with Gasteiger partial charge in [0, 0.05) is 24.5 Å². The van der Waals surface area contributed by atoms with E-state index in [0.717, 1.165) is 0 Å². The van der Waals surface area contributed by atoms with Gasteiger partial charge in [-0.05, 0) is 32.9 Å². The van der Waals surface area contributed by atoms with Crippen molar-refractivity contribution < 1.29 is 28.3 Å². The third kappa shape index (κ3) is 3.77. The van der Waals surface area contributed by atoms with Gasteiger partial charge in [-0.25, -0.2) is 9.78 Å². The molecule has 2 aromatic heterocycles. The Bertz CT molecular complexity index is 767. The zero-order valence-electron chi connectivity index (χ0n) is 14.5. The molecule has 0 saturated heterocycles. The number of hydrogen-bond acceptors (Lipinski definition) is 7. The molecule has 1 atom stereocenters. The summed E-state index contributed by atoms with van der Waals surface area (Å²) in [5, 5.41) is 8.62. The van der Waals surface area contributed by atoms with Crippen molar-refractivity contribution in [3.63, 3.8) is 0 Å². The standard InChI is InChI=1S/C16H23N2O6P/c1-4-22-15(19)16(20,25(21,23-5-2)24-6-3)11-13-12-17-14-9-7-8-10-18(13)14/h7-10,12,20H,4-6,11H2,1-3H3. The van der Waals surface area contributed by atoms with Crippen LogP contribution in [0.25, 0.3) is 5.65 Å². The van der Waals surface area contributed by atoms with Gasteiger partial charge in [0.05, 0.1) is 19.8 Å². The molecule has 2 heterocycles. The van der Waals surface area contributed by atoms with E-state index in [9.17, 15) is 14.5 Å². The maximum Gasteiger partial charge on any atom is 0.374 e. The third-order valence-corrected chi connectivity index (χ3v) is 6.02. The van der Waals surface area contributed by atoms with Crippen LogP contribution in [0.4, 0.5) is 0 Å². The van der Waals surface area contributed by atoms with E-state index in [0.29, 0.717) is 11.3 Å². The van der Waals surface area contributed by atoms with E-state index < -0.39 is 18.9 Å². The summed E-state index contributed by atoms with van der Waals surface area (Å²) >= 11 is 0. The number of aliphatic hydroxyl groups is 1. The molecule has 0 aromatic carbocycles. The van der Waals surface area contributed by atoms with Crippen LogP contribution in [0.2, 0.25) is 0 Å². The zero-order chi connectivity index (χ0) is 18.5. The maximum atomic E-state index is 13.2. The van der Waals surface area contributed by atoms with Gasteiger partial charge in [-0.3, -0.25) is 4.57 Å². The van der Waals surface area contributed by atoms with Crippen LogP contribution in [0.5, 0.6) is 0 Å². The molecule has 9 heteroatoms. The molecule has 0 fully saturated rings. The topological polar surface area (TPSA) is 99.4 Å². The van der Waals surface area contributed by atoms with Crippen molar-refractivity contribution in [2.75, 3.05) is 19.8 Å². The van der Waals surface area contributed by atoms with Crippen molar-refractivity contribution >= 4 is 19.2 Å². The molecule has 0 aliphatic rings. The predicted molar refractivity (Wildman–Crippen MR) is 91.3 cm³/mol. The normalized spacial score (nSPS) is 14.4. The molecule has 25 heavy (non-hydrogen) atoms. The van der Waals surface area contributed by atoms with Crippen molar-refractivity contribution in [3.8, 4) is 0 Å². The van der Waals surface area contributed by atoms with Crippen LogP contribution >= 0.6 is 7.60 Å². The van der Waals surface area contributed by atoms with E-state index in [1.54, 1.807) is 43.5 Å². The number of fused-ring (bicyclic) bond motifs is 1. The average Bonchev–Trinajstić information content (AvgIpc) is 2.98. The number of rotatable bonds is 9. The van der Waals surface area contributed by atoms with Gasteiger partial charge in [0.1, 0.15) is 5.65 Å². The summed E-state index contributed by atoms with van der Waals surface area (Å²) in [7, 11) is -4.21. The Labute approximate surface area is 146 Å². The fraction of sp³-hybridized carbons (Fsp3) is 0.500. The molecule has 138 valence electrons. The van der Waals surface area contributed by atoms with Gasteiger partial charge >= 0.3 is 13.6 Å². The van der Waals surface area contributed by atoms with E-state index in [2.05, 4.69) is 4.98 Å². The van der Waals surface area contributed by atoms with Gasteiger partial charge in [-0.1, -0.05) is 6.07 Å². The number of nitrogens with zero attached hydrogens (tertiary/aromatic N) is 2. The second kappa shape index (κ2) is 8.10. The lowest BCUT2D eigenvalue weighted by molar-refractivity contribution is -0.158. The summed E-state index contributed by atoms with van der Waals surface area (Å²) in [6.07, 6.45) is 2.91. The Morgan fingerprint density at radius 1 is 1.24 bits per heavy atom. The number of carbonyl (C=O) groups excluding carboxylic acids is 1. The first kappa shape index (κ1) is 19.6. The molecule has 0 bridgehead atoms. The fourth-order valence-corrected chi connectivity index (χ4v) is 4.31. The molecule has 0 radical (unpaired) electrons. The van der Waals surface area contributed by atoms with Crippen molar-refractivity contribution in [1.82, 2.24) is 9.38 Å². The Kier molecular flexibility index (Phi) is 6.35. The smallest absolute Gasteiger partial charge is 0.374 e. The van der Waals surface area contributed by atoms with Gasteiger partial charge in [-0.15, -0.1) is 0 Å². The Morgan fingerprint density at radius 2 is 1.92 bits per heavy atom. The molecule has 8 nitrogen and oxygen atoms in total. The average molecular weight is 370 g/mol. The lowest BCUT2D eigenvalue weighted by Gasteiger charge is -2.32. The first-order valence-electron chi connectivity index (χ1n) is 8.11. The monoisotopic (exact) mass is 370 g/mol. The van der Waals surface area contributed by atoms with Gasteiger partial charge in [-0.2, -0.15) is 0 Å². The van der Waals surface area contributed by atoms with Crippen LogP contribution in [0.3, 0.4) is 0 Å². The van der Waals surface area contributed by atoms with E-state index >= 15 is 0 Å². The number of esters is 1. The summed E-state index contributed by atoms with van der Waals surface area (Å²) in [6, 6.07) is 5.37. The van der Waals surface area contributed by atoms with Crippen molar-refractivity contribution in [1.29, 1.82) is 0 Å². The molecular weight excluding hydrogens is 347 g/mol. The summed E-state index contributed by atoms with van der Waals surface area (Å²) < 4.78 is 30.3. The first-order chi connectivity index (χ1) is 11.9. The van der Waals surface area contributed by atoms with Gasteiger partial charge in [0.15, 0.2) is 0 Å².